The van der Waals surface area contributed by atoms with Gasteiger partial charge in [0.1, 0.15) is 0 Å². The molecule has 0 aliphatic heterocycles. The minimum atomic E-state index is 0.278. The Morgan fingerprint density at radius 2 is 2.06 bits per heavy atom. The van der Waals surface area contributed by atoms with E-state index in [1.54, 1.807) is 0 Å². The first-order chi connectivity index (χ1) is 8.62. The summed E-state index contributed by atoms with van der Waals surface area (Å²) in [5.41, 5.74) is 7.31. The van der Waals surface area contributed by atoms with Crippen LogP contribution in [0.5, 0.6) is 0 Å². The van der Waals surface area contributed by atoms with Crippen LogP contribution in [0.1, 0.15) is 25.8 Å². The van der Waals surface area contributed by atoms with Crippen LogP contribution in [0.15, 0.2) is 29.6 Å². The molecule has 2 rings (SSSR count). The Bertz CT molecular complexity index is 502. The summed E-state index contributed by atoms with van der Waals surface area (Å²) < 4.78 is 1.37. The van der Waals surface area contributed by atoms with Crippen molar-refractivity contribution in [2.24, 2.45) is 11.1 Å². The molecular weight excluding hydrogens is 240 g/mol. The molecule has 3 heteroatoms. The fourth-order valence-electron chi connectivity index (χ4n) is 2.18. The van der Waals surface area contributed by atoms with Gasteiger partial charge in [0.15, 0.2) is 0 Å². The topological polar surface area (TPSA) is 38.0 Å². The van der Waals surface area contributed by atoms with Crippen LogP contribution >= 0.6 is 11.3 Å². The van der Waals surface area contributed by atoms with E-state index >= 15 is 0 Å². The lowest BCUT2D eigenvalue weighted by Gasteiger charge is -2.24. The Morgan fingerprint density at radius 3 is 2.83 bits per heavy atom. The third kappa shape index (κ3) is 3.31. The number of fused-ring (bicyclic) bond motifs is 1. The van der Waals surface area contributed by atoms with Crippen molar-refractivity contribution >= 4 is 21.4 Å². The molecule has 1 heterocycles. The summed E-state index contributed by atoms with van der Waals surface area (Å²) in [5, 5.41) is 7.19. The molecule has 2 nitrogen and oxygen atoms in total. The maximum atomic E-state index is 5.63. The van der Waals surface area contributed by atoms with Gasteiger partial charge in [-0.25, -0.2) is 0 Å². The Balaban J connectivity index is 1.94. The zero-order valence-electron chi connectivity index (χ0n) is 11.2. The molecule has 3 N–H and O–H groups in total. The zero-order chi connectivity index (χ0) is 13.0. The molecule has 0 amide bonds. The summed E-state index contributed by atoms with van der Waals surface area (Å²) in [7, 11) is 0. The van der Waals surface area contributed by atoms with E-state index in [4.69, 9.17) is 5.73 Å². The fourth-order valence-corrected chi connectivity index (χ4v) is 3.15. The second-order valence-electron chi connectivity index (χ2n) is 5.56. The number of nitrogens with one attached hydrogen (secondary N) is 1. The van der Waals surface area contributed by atoms with Gasteiger partial charge in [0.05, 0.1) is 0 Å². The third-order valence-electron chi connectivity index (χ3n) is 3.30. The highest BCUT2D eigenvalue weighted by Gasteiger charge is 2.16. The Morgan fingerprint density at radius 1 is 1.28 bits per heavy atom. The summed E-state index contributed by atoms with van der Waals surface area (Å²) in [6.07, 6.45) is 1.06. The SMILES string of the molecule is CC(C)(CCN)CNCc1csc2ccccc12. The van der Waals surface area contributed by atoms with Crippen molar-refractivity contribution in [2.45, 2.75) is 26.8 Å². The number of hydrogen-bond acceptors (Lipinski definition) is 3. The summed E-state index contributed by atoms with van der Waals surface area (Å²) in [6.45, 7) is 7.24. The number of rotatable bonds is 6. The van der Waals surface area contributed by atoms with Gasteiger partial charge in [0.25, 0.3) is 0 Å². The largest absolute Gasteiger partial charge is 0.330 e. The molecule has 18 heavy (non-hydrogen) atoms. The van der Waals surface area contributed by atoms with Crippen LogP contribution in [0.4, 0.5) is 0 Å². The van der Waals surface area contributed by atoms with Crippen LogP contribution in [0, 0.1) is 5.41 Å². The predicted molar refractivity (Wildman–Crippen MR) is 81.0 cm³/mol. The van der Waals surface area contributed by atoms with Gasteiger partial charge >= 0.3 is 0 Å². The van der Waals surface area contributed by atoms with Crippen LogP contribution in [-0.2, 0) is 6.54 Å². The molecule has 1 aromatic carbocycles. The maximum Gasteiger partial charge on any atom is 0.0346 e. The van der Waals surface area contributed by atoms with Gasteiger partial charge in [-0.2, -0.15) is 0 Å². The van der Waals surface area contributed by atoms with E-state index in [1.165, 1.54) is 15.6 Å². The summed E-state index contributed by atoms with van der Waals surface area (Å²) >= 11 is 1.82. The lowest BCUT2D eigenvalue weighted by molar-refractivity contribution is 0.319. The molecule has 0 saturated heterocycles. The lowest BCUT2D eigenvalue weighted by Crippen LogP contribution is -2.30. The van der Waals surface area contributed by atoms with Crippen LogP contribution in [-0.4, -0.2) is 13.1 Å². The first-order valence-corrected chi connectivity index (χ1v) is 7.36. The van der Waals surface area contributed by atoms with Crippen molar-refractivity contribution < 1.29 is 0 Å². The molecule has 0 aliphatic carbocycles. The van der Waals surface area contributed by atoms with E-state index in [0.29, 0.717) is 0 Å². The molecule has 0 spiro atoms. The zero-order valence-corrected chi connectivity index (χ0v) is 12.0. The highest BCUT2D eigenvalue weighted by molar-refractivity contribution is 7.17. The van der Waals surface area contributed by atoms with Crippen LogP contribution in [0.25, 0.3) is 10.1 Å². The van der Waals surface area contributed by atoms with Gasteiger partial charge in [-0.15, -0.1) is 11.3 Å². The number of hydrogen-bond donors (Lipinski definition) is 2. The molecule has 0 fully saturated rings. The van der Waals surface area contributed by atoms with Crippen molar-refractivity contribution in [1.82, 2.24) is 5.32 Å². The molecule has 0 aliphatic rings. The van der Waals surface area contributed by atoms with Crippen LogP contribution in [0.3, 0.4) is 0 Å². The van der Waals surface area contributed by atoms with Crippen molar-refractivity contribution in [3.8, 4) is 0 Å². The minimum absolute atomic E-state index is 0.278. The van der Waals surface area contributed by atoms with Gasteiger partial charge in [0.2, 0.25) is 0 Å². The third-order valence-corrected chi connectivity index (χ3v) is 4.31. The molecule has 0 unspecified atom stereocenters. The molecule has 2 aromatic rings. The molecular formula is C15H22N2S. The summed E-state index contributed by atoms with van der Waals surface area (Å²) in [5.74, 6) is 0. The standard InChI is InChI=1S/C15H22N2S/c1-15(2,7-8-16)11-17-9-12-10-18-14-6-4-3-5-13(12)14/h3-6,10,17H,7-9,11,16H2,1-2H3. The first-order valence-electron chi connectivity index (χ1n) is 6.48. The fraction of sp³-hybridized carbons (Fsp3) is 0.467. The Kier molecular flexibility index (Phi) is 4.38. The van der Waals surface area contributed by atoms with E-state index in [1.807, 2.05) is 11.3 Å². The summed E-state index contributed by atoms with van der Waals surface area (Å²) in [6, 6.07) is 8.59. The van der Waals surface area contributed by atoms with Gasteiger partial charge in [-0.1, -0.05) is 32.0 Å². The van der Waals surface area contributed by atoms with Gasteiger partial charge in [-0.05, 0) is 40.8 Å². The average Bonchev–Trinajstić information content (AvgIpc) is 2.73. The number of benzene rings is 1. The van der Waals surface area contributed by atoms with Gasteiger partial charge < -0.3 is 11.1 Å². The van der Waals surface area contributed by atoms with Crippen molar-refractivity contribution in [1.29, 1.82) is 0 Å². The Hall–Kier alpha value is -0.900. The molecule has 0 atom stereocenters. The van der Waals surface area contributed by atoms with Crippen LogP contribution in [0.2, 0.25) is 0 Å². The molecule has 0 radical (unpaired) electrons. The van der Waals surface area contributed by atoms with E-state index in [0.717, 1.165) is 26.1 Å². The molecule has 98 valence electrons. The Labute approximate surface area is 113 Å². The number of thiophene rings is 1. The van der Waals surface area contributed by atoms with Crippen molar-refractivity contribution in [3.05, 3.63) is 35.2 Å². The van der Waals surface area contributed by atoms with E-state index in [-0.39, 0.29) is 5.41 Å². The van der Waals surface area contributed by atoms with E-state index in [9.17, 15) is 0 Å². The predicted octanol–water partition coefficient (Wildman–Crippen LogP) is 3.37. The van der Waals surface area contributed by atoms with Gasteiger partial charge in [-0.3, -0.25) is 0 Å². The highest BCUT2D eigenvalue weighted by atomic mass is 32.1. The van der Waals surface area contributed by atoms with Crippen molar-refractivity contribution in [2.75, 3.05) is 13.1 Å². The van der Waals surface area contributed by atoms with Crippen LogP contribution < -0.4 is 11.1 Å². The van der Waals surface area contributed by atoms with E-state index < -0.39 is 0 Å². The molecule has 0 saturated carbocycles. The van der Waals surface area contributed by atoms with E-state index in [2.05, 4.69) is 48.8 Å². The molecule has 0 bridgehead atoms. The summed E-state index contributed by atoms with van der Waals surface area (Å²) in [4.78, 5) is 0. The molecule has 1 aromatic heterocycles. The monoisotopic (exact) mass is 262 g/mol. The number of nitrogens with two attached hydrogens (primary N) is 1. The normalized spacial score (nSPS) is 12.2. The van der Waals surface area contributed by atoms with Gasteiger partial charge in [0, 0.05) is 17.8 Å². The smallest absolute Gasteiger partial charge is 0.0346 e. The highest BCUT2D eigenvalue weighted by Crippen LogP contribution is 2.25. The quantitative estimate of drug-likeness (QED) is 0.837. The lowest BCUT2D eigenvalue weighted by atomic mass is 9.89. The average molecular weight is 262 g/mol. The minimum Gasteiger partial charge on any atom is -0.330 e. The first kappa shape index (κ1) is 13.5. The maximum absolute atomic E-state index is 5.63. The second kappa shape index (κ2) is 5.83. The second-order valence-corrected chi connectivity index (χ2v) is 6.47. The van der Waals surface area contributed by atoms with Crippen molar-refractivity contribution in [3.63, 3.8) is 0 Å².